The third-order valence-electron chi connectivity index (χ3n) is 5.44. The van der Waals surface area contributed by atoms with Gasteiger partial charge >= 0.3 is 5.97 Å². The van der Waals surface area contributed by atoms with Gasteiger partial charge in [-0.2, -0.15) is 0 Å². The average Bonchev–Trinajstić information content (AvgIpc) is 2.80. The van der Waals surface area contributed by atoms with Gasteiger partial charge in [0.15, 0.2) is 0 Å². The van der Waals surface area contributed by atoms with Crippen molar-refractivity contribution in [2.75, 3.05) is 19.6 Å². The van der Waals surface area contributed by atoms with Crippen molar-refractivity contribution >= 4 is 29.2 Å². The van der Waals surface area contributed by atoms with E-state index in [-0.39, 0.29) is 0 Å². The van der Waals surface area contributed by atoms with Gasteiger partial charge in [-0.1, -0.05) is 89.9 Å². The predicted octanol–water partition coefficient (Wildman–Crippen LogP) is 5.40. The van der Waals surface area contributed by atoms with Crippen molar-refractivity contribution in [3.63, 3.8) is 0 Å². The lowest BCUT2D eigenvalue weighted by Crippen LogP contribution is -2.40. The van der Waals surface area contributed by atoms with E-state index >= 15 is 0 Å². The molecule has 0 fully saturated rings. The van der Waals surface area contributed by atoms with Crippen molar-refractivity contribution in [2.24, 2.45) is 5.92 Å². The summed E-state index contributed by atoms with van der Waals surface area (Å²) in [6.07, 6.45) is 1.64. The zero-order chi connectivity index (χ0) is 22.8. The van der Waals surface area contributed by atoms with Crippen molar-refractivity contribution in [1.29, 1.82) is 0 Å². The number of hydrogen-bond acceptors (Lipinski definition) is 3. The van der Waals surface area contributed by atoms with Crippen LogP contribution in [0.25, 0.3) is 0 Å². The van der Waals surface area contributed by atoms with Crippen LogP contribution in [0.3, 0.4) is 0 Å². The van der Waals surface area contributed by atoms with Crippen LogP contribution >= 0.6 is 23.2 Å². The molecule has 3 aromatic carbocycles. The fourth-order valence-electron chi connectivity index (χ4n) is 3.70. The quantitative estimate of drug-likeness (QED) is 0.310. The smallest absolute Gasteiger partial charge is 0.309 e. The number of halogens is 2. The van der Waals surface area contributed by atoms with E-state index < -0.39 is 17.9 Å². The second-order valence-electron chi connectivity index (χ2n) is 7.73. The minimum Gasteiger partial charge on any atom is -0.481 e. The van der Waals surface area contributed by atoms with Gasteiger partial charge in [0.05, 0.1) is 16.0 Å². The van der Waals surface area contributed by atoms with E-state index in [1.807, 2.05) is 42.5 Å². The summed E-state index contributed by atoms with van der Waals surface area (Å²) in [6, 6.07) is 25.2. The van der Waals surface area contributed by atoms with E-state index in [1.54, 1.807) is 12.1 Å². The third kappa shape index (κ3) is 7.35. The van der Waals surface area contributed by atoms with Gasteiger partial charge in [-0.3, -0.25) is 4.79 Å². The highest BCUT2D eigenvalue weighted by Gasteiger charge is 2.29. The van der Waals surface area contributed by atoms with Gasteiger partial charge in [0.2, 0.25) is 0 Å². The molecule has 0 saturated heterocycles. The summed E-state index contributed by atoms with van der Waals surface area (Å²) in [7, 11) is 0. The molecule has 2 atom stereocenters. The second-order valence-corrected chi connectivity index (χ2v) is 8.54. The molecule has 0 amide bonds. The minimum absolute atomic E-state index is 0.339. The SMILES string of the molecule is O=C(O)C(CNCCc1ccccc1)C(NCCc1ccccc1)c1ccc(Cl)c(Cl)c1. The molecule has 32 heavy (non-hydrogen) atoms. The first-order valence-corrected chi connectivity index (χ1v) is 11.5. The first-order chi connectivity index (χ1) is 15.5. The predicted molar refractivity (Wildman–Crippen MR) is 131 cm³/mol. The van der Waals surface area contributed by atoms with Gasteiger partial charge < -0.3 is 15.7 Å². The number of nitrogens with one attached hydrogen (secondary N) is 2. The van der Waals surface area contributed by atoms with Gasteiger partial charge in [0.1, 0.15) is 0 Å². The molecule has 168 valence electrons. The molecule has 0 bridgehead atoms. The number of rotatable bonds is 12. The van der Waals surface area contributed by atoms with Crippen LogP contribution in [0.2, 0.25) is 10.0 Å². The molecule has 0 radical (unpaired) electrons. The molecule has 0 saturated carbocycles. The molecule has 3 rings (SSSR count). The Bertz CT molecular complexity index is 984. The molecule has 0 aliphatic rings. The lowest BCUT2D eigenvalue weighted by atomic mass is 9.92. The molecule has 0 spiro atoms. The molecule has 6 heteroatoms. The summed E-state index contributed by atoms with van der Waals surface area (Å²) in [5, 5.41) is 17.7. The van der Waals surface area contributed by atoms with E-state index in [0.717, 1.165) is 18.4 Å². The summed E-state index contributed by atoms with van der Waals surface area (Å²) in [4.78, 5) is 12.2. The van der Waals surface area contributed by atoms with Gasteiger partial charge in [0.25, 0.3) is 0 Å². The van der Waals surface area contributed by atoms with E-state index in [0.29, 0.717) is 29.7 Å². The van der Waals surface area contributed by atoms with Crippen LogP contribution in [-0.2, 0) is 17.6 Å². The number of benzene rings is 3. The van der Waals surface area contributed by atoms with Gasteiger partial charge in [-0.15, -0.1) is 0 Å². The third-order valence-corrected chi connectivity index (χ3v) is 6.18. The molecule has 3 N–H and O–H groups in total. The highest BCUT2D eigenvalue weighted by atomic mass is 35.5. The fourth-order valence-corrected chi connectivity index (χ4v) is 4.00. The molecular formula is C26H28Cl2N2O2. The zero-order valence-electron chi connectivity index (χ0n) is 17.8. The summed E-state index contributed by atoms with van der Waals surface area (Å²) >= 11 is 12.3. The lowest BCUT2D eigenvalue weighted by molar-refractivity contribution is -0.142. The first-order valence-electron chi connectivity index (χ1n) is 10.7. The number of carboxylic acids is 1. The first kappa shape index (κ1) is 24.3. The van der Waals surface area contributed by atoms with Crippen LogP contribution in [0.4, 0.5) is 0 Å². The molecule has 3 aromatic rings. The molecule has 0 heterocycles. The van der Waals surface area contributed by atoms with Crippen LogP contribution in [0.15, 0.2) is 78.9 Å². The summed E-state index contributed by atoms with van der Waals surface area (Å²) < 4.78 is 0. The Balaban J connectivity index is 1.68. The molecule has 4 nitrogen and oxygen atoms in total. The maximum absolute atomic E-state index is 12.2. The molecular weight excluding hydrogens is 443 g/mol. The van der Waals surface area contributed by atoms with E-state index in [9.17, 15) is 9.90 Å². The minimum atomic E-state index is -0.861. The normalized spacial score (nSPS) is 12.9. The van der Waals surface area contributed by atoms with Crippen LogP contribution in [0.1, 0.15) is 22.7 Å². The van der Waals surface area contributed by atoms with Gasteiger partial charge in [-0.05, 0) is 54.8 Å². The lowest BCUT2D eigenvalue weighted by Gasteiger charge is -2.26. The van der Waals surface area contributed by atoms with Crippen molar-refractivity contribution < 1.29 is 9.90 Å². The number of carboxylic acid groups (broad SMARTS) is 1. The van der Waals surface area contributed by atoms with Crippen LogP contribution in [0.5, 0.6) is 0 Å². The zero-order valence-corrected chi connectivity index (χ0v) is 19.3. The Morgan fingerprint density at radius 1 is 0.812 bits per heavy atom. The Morgan fingerprint density at radius 3 is 1.97 bits per heavy atom. The molecule has 2 unspecified atom stereocenters. The highest BCUT2D eigenvalue weighted by molar-refractivity contribution is 6.42. The topological polar surface area (TPSA) is 61.4 Å². The number of hydrogen-bond donors (Lipinski definition) is 3. The molecule has 0 aliphatic carbocycles. The fraction of sp³-hybridized carbons (Fsp3) is 0.269. The Hall–Kier alpha value is -2.37. The summed E-state index contributed by atoms with van der Waals surface area (Å²) in [5.74, 6) is -1.53. The van der Waals surface area contributed by atoms with Crippen molar-refractivity contribution in [2.45, 2.75) is 18.9 Å². The van der Waals surface area contributed by atoms with E-state index in [2.05, 4.69) is 34.9 Å². The van der Waals surface area contributed by atoms with E-state index in [1.165, 1.54) is 11.1 Å². The van der Waals surface area contributed by atoms with E-state index in [4.69, 9.17) is 23.2 Å². The highest BCUT2D eigenvalue weighted by Crippen LogP contribution is 2.29. The van der Waals surface area contributed by atoms with Crippen molar-refractivity contribution in [1.82, 2.24) is 10.6 Å². The Labute approximate surface area is 199 Å². The van der Waals surface area contributed by atoms with Gasteiger partial charge in [0, 0.05) is 12.6 Å². The number of aliphatic carboxylic acids is 1. The van der Waals surface area contributed by atoms with Crippen LogP contribution < -0.4 is 10.6 Å². The summed E-state index contributed by atoms with van der Waals surface area (Å²) in [6.45, 7) is 1.68. The Kier molecular flexibility index (Phi) is 9.57. The van der Waals surface area contributed by atoms with Crippen molar-refractivity contribution in [3.8, 4) is 0 Å². The molecule has 0 aromatic heterocycles. The van der Waals surface area contributed by atoms with Crippen LogP contribution in [0, 0.1) is 5.92 Å². The maximum Gasteiger partial charge on any atom is 0.309 e. The second kappa shape index (κ2) is 12.6. The molecule has 0 aliphatic heterocycles. The number of carbonyl (C=O) groups is 1. The largest absolute Gasteiger partial charge is 0.481 e. The van der Waals surface area contributed by atoms with Crippen LogP contribution in [-0.4, -0.2) is 30.7 Å². The standard InChI is InChI=1S/C26H28Cl2N2O2/c27-23-12-11-21(17-24(23)28)25(30-16-14-20-9-5-2-6-10-20)22(26(31)32)18-29-15-13-19-7-3-1-4-8-19/h1-12,17,22,25,29-30H,13-16,18H2,(H,31,32). The van der Waals surface area contributed by atoms with Gasteiger partial charge in [-0.25, -0.2) is 0 Å². The maximum atomic E-state index is 12.2. The monoisotopic (exact) mass is 470 g/mol. The van der Waals surface area contributed by atoms with Crippen molar-refractivity contribution in [3.05, 3.63) is 106 Å². The summed E-state index contributed by atoms with van der Waals surface area (Å²) in [5.41, 5.74) is 3.22. The Morgan fingerprint density at radius 2 is 1.41 bits per heavy atom. The average molecular weight is 471 g/mol.